The molecule has 120 valence electrons. The van der Waals surface area contributed by atoms with Gasteiger partial charge in [-0.25, -0.2) is 0 Å². The summed E-state index contributed by atoms with van der Waals surface area (Å²) in [5, 5.41) is 9.81. The minimum Gasteiger partial charge on any atom is -0.366 e. The minimum absolute atomic E-state index is 0.444. The Balaban J connectivity index is 2.02. The second-order valence-electron chi connectivity index (χ2n) is 5.79. The van der Waals surface area contributed by atoms with Gasteiger partial charge in [-0.2, -0.15) is 10.2 Å². The predicted molar refractivity (Wildman–Crippen MR) is 98.9 cm³/mol. The first-order valence-electron chi connectivity index (χ1n) is 7.93. The van der Waals surface area contributed by atoms with Crippen LogP contribution in [-0.2, 0) is 0 Å². The van der Waals surface area contributed by atoms with Crippen LogP contribution in [0.5, 0.6) is 0 Å². The lowest BCUT2D eigenvalue weighted by Gasteiger charge is -2.14. The Morgan fingerprint density at radius 3 is 2.28 bits per heavy atom. The molecule has 1 heterocycles. The second kappa shape index (κ2) is 6.17. The zero-order chi connectivity index (χ0) is 17.2. The largest absolute Gasteiger partial charge is 0.366 e. The predicted octanol–water partition coefficient (Wildman–Crippen LogP) is 4.06. The van der Waals surface area contributed by atoms with E-state index in [1.807, 2.05) is 60.7 Å². The van der Waals surface area contributed by atoms with Crippen LogP contribution >= 0.6 is 0 Å². The third-order valence-electron chi connectivity index (χ3n) is 4.25. The van der Waals surface area contributed by atoms with Crippen LogP contribution in [0.15, 0.2) is 79.1 Å². The summed E-state index contributed by atoms with van der Waals surface area (Å²) in [5.74, 6) is -0.444. The van der Waals surface area contributed by atoms with Crippen molar-refractivity contribution in [3.8, 4) is 22.3 Å². The van der Waals surface area contributed by atoms with Gasteiger partial charge in [0.2, 0.25) is 5.91 Å². The summed E-state index contributed by atoms with van der Waals surface area (Å²) in [6.07, 6.45) is 3.44. The fraction of sp³-hybridized carbons (Fsp3) is 0. The maximum Gasteiger partial charge on any atom is 0.249 e. The molecule has 4 aromatic rings. The number of hydrogen-bond donors (Lipinski definition) is 1. The van der Waals surface area contributed by atoms with Gasteiger partial charge in [-0.3, -0.25) is 4.79 Å². The van der Waals surface area contributed by atoms with E-state index in [-0.39, 0.29) is 0 Å². The maximum absolute atomic E-state index is 12.0. The number of benzene rings is 3. The van der Waals surface area contributed by atoms with Gasteiger partial charge < -0.3 is 5.73 Å². The summed E-state index contributed by atoms with van der Waals surface area (Å²) in [5.41, 5.74) is 9.92. The molecule has 0 bridgehead atoms. The summed E-state index contributed by atoms with van der Waals surface area (Å²) in [4.78, 5) is 12.0. The zero-order valence-corrected chi connectivity index (χ0v) is 13.4. The fourth-order valence-electron chi connectivity index (χ4n) is 3.08. The molecule has 25 heavy (non-hydrogen) atoms. The van der Waals surface area contributed by atoms with E-state index in [1.165, 1.54) is 0 Å². The molecule has 2 N–H and O–H groups in total. The van der Waals surface area contributed by atoms with Gasteiger partial charge in [0.15, 0.2) is 0 Å². The van der Waals surface area contributed by atoms with Crippen molar-refractivity contribution in [2.45, 2.75) is 0 Å². The van der Waals surface area contributed by atoms with Gasteiger partial charge in [0, 0.05) is 21.9 Å². The van der Waals surface area contributed by atoms with E-state index < -0.39 is 5.91 Å². The lowest BCUT2D eigenvalue weighted by atomic mass is 9.89. The van der Waals surface area contributed by atoms with Crippen molar-refractivity contribution in [3.63, 3.8) is 0 Å². The molecule has 3 aromatic carbocycles. The van der Waals surface area contributed by atoms with Gasteiger partial charge >= 0.3 is 0 Å². The molecule has 0 aliphatic heterocycles. The van der Waals surface area contributed by atoms with Crippen LogP contribution in [0, 0.1) is 0 Å². The molecule has 0 radical (unpaired) electrons. The van der Waals surface area contributed by atoms with Crippen LogP contribution in [0.1, 0.15) is 10.4 Å². The maximum atomic E-state index is 12.0. The van der Waals surface area contributed by atoms with E-state index in [1.54, 1.807) is 18.5 Å². The molecule has 4 nitrogen and oxygen atoms in total. The standard InChI is InChI=1S/C21H15N3O/c22-21(25)19-8-4-7-18(14-5-2-1-3-6-14)20(19)15-9-10-16-12-23-24-13-17(16)11-15/h1-13H,(H2,22,25). The molecule has 0 saturated heterocycles. The number of carbonyl (C=O) groups excluding carboxylic acids is 1. The summed E-state index contributed by atoms with van der Waals surface area (Å²) in [6, 6.07) is 21.6. The average molecular weight is 325 g/mol. The van der Waals surface area contributed by atoms with Crippen LogP contribution in [-0.4, -0.2) is 16.1 Å². The molecule has 4 heteroatoms. The number of nitrogens with zero attached hydrogens (tertiary/aromatic N) is 2. The number of rotatable bonds is 3. The summed E-state index contributed by atoms with van der Waals surface area (Å²) in [6.45, 7) is 0. The first-order valence-corrected chi connectivity index (χ1v) is 7.93. The van der Waals surface area contributed by atoms with Crippen LogP contribution < -0.4 is 5.73 Å². The average Bonchev–Trinajstić information content (AvgIpc) is 2.67. The molecule has 0 aliphatic rings. The van der Waals surface area contributed by atoms with Crippen molar-refractivity contribution in [3.05, 3.63) is 84.7 Å². The van der Waals surface area contributed by atoms with Crippen molar-refractivity contribution in [2.75, 3.05) is 0 Å². The van der Waals surface area contributed by atoms with Crippen LogP contribution in [0.3, 0.4) is 0 Å². The van der Waals surface area contributed by atoms with Crippen LogP contribution in [0.4, 0.5) is 0 Å². The number of aromatic nitrogens is 2. The van der Waals surface area contributed by atoms with E-state index in [9.17, 15) is 4.79 Å². The summed E-state index contributed by atoms with van der Waals surface area (Å²) < 4.78 is 0. The number of carbonyl (C=O) groups is 1. The Hall–Kier alpha value is -3.53. The molecule has 0 spiro atoms. The number of amides is 1. The number of hydrogen-bond acceptors (Lipinski definition) is 3. The van der Waals surface area contributed by atoms with Crippen molar-refractivity contribution < 1.29 is 4.79 Å². The van der Waals surface area contributed by atoms with Crippen molar-refractivity contribution in [2.24, 2.45) is 5.73 Å². The Morgan fingerprint density at radius 1 is 0.760 bits per heavy atom. The summed E-state index contributed by atoms with van der Waals surface area (Å²) in [7, 11) is 0. The Bertz CT molecular complexity index is 1070. The van der Waals surface area contributed by atoms with E-state index in [0.29, 0.717) is 5.56 Å². The molecule has 0 saturated carbocycles. The molecular weight excluding hydrogens is 310 g/mol. The highest BCUT2D eigenvalue weighted by molar-refractivity contribution is 6.05. The smallest absolute Gasteiger partial charge is 0.249 e. The lowest BCUT2D eigenvalue weighted by Crippen LogP contribution is -2.12. The highest BCUT2D eigenvalue weighted by atomic mass is 16.1. The third kappa shape index (κ3) is 2.74. The SMILES string of the molecule is NC(=O)c1cccc(-c2ccccc2)c1-c1ccc2cnncc2c1. The molecule has 0 unspecified atom stereocenters. The van der Waals surface area contributed by atoms with Gasteiger partial charge in [0.25, 0.3) is 0 Å². The van der Waals surface area contributed by atoms with Gasteiger partial charge in [-0.15, -0.1) is 0 Å². The Morgan fingerprint density at radius 2 is 1.52 bits per heavy atom. The topological polar surface area (TPSA) is 68.9 Å². The van der Waals surface area contributed by atoms with Crippen molar-refractivity contribution in [1.82, 2.24) is 10.2 Å². The highest BCUT2D eigenvalue weighted by Crippen LogP contribution is 2.36. The third-order valence-corrected chi connectivity index (χ3v) is 4.25. The second-order valence-corrected chi connectivity index (χ2v) is 5.79. The lowest BCUT2D eigenvalue weighted by molar-refractivity contribution is 0.100. The van der Waals surface area contributed by atoms with E-state index in [4.69, 9.17) is 5.73 Å². The Kier molecular flexibility index (Phi) is 3.71. The minimum atomic E-state index is -0.444. The van der Waals surface area contributed by atoms with Gasteiger partial charge in [-0.05, 0) is 28.8 Å². The molecule has 4 rings (SSSR count). The molecule has 0 atom stereocenters. The first kappa shape index (κ1) is 15.0. The monoisotopic (exact) mass is 325 g/mol. The van der Waals surface area contributed by atoms with E-state index in [2.05, 4.69) is 10.2 Å². The molecule has 1 aromatic heterocycles. The number of nitrogens with two attached hydrogens (primary N) is 1. The van der Waals surface area contributed by atoms with Gasteiger partial charge in [0.05, 0.1) is 12.4 Å². The Labute approximate surface area is 145 Å². The van der Waals surface area contributed by atoms with Crippen LogP contribution in [0.25, 0.3) is 33.0 Å². The van der Waals surface area contributed by atoms with Crippen molar-refractivity contribution >= 4 is 16.7 Å². The first-order chi connectivity index (χ1) is 12.2. The fourth-order valence-corrected chi connectivity index (χ4v) is 3.08. The van der Waals surface area contributed by atoms with Gasteiger partial charge in [0.1, 0.15) is 0 Å². The van der Waals surface area contributed by atoms with Gasteiger partial charge in [-0.1, -0.05) is 54.6 Å². The molecular formula is C21H15N3O. The quantitative estimate of drug-likeness (QED) is 0.617. The number of fused-ring (bicyclic) bond motifs is 1. The van der Waals surface area contributed by atoms with E-state index in [0.717, 1.165) is 33.0 Å². The van der Waals surface area contributed by atoms with E-state index >= 15 is 0 Å². The number of primary amides is 1. The van der Waals surface area contributed by atoms with Crippen LogP contribution in [0.2, 0.25) is 0 Å². The molecule has 0 fully saturated rings. The normalized spacial score (nSPS) is 10.7. The van der Waals surface area contributed by atoms with Crippen molar-refractivity contribution in [1.29, 1.82) is 0 Å². The highest BCUT2D eigenvalue weighted by Gasteiger charge is 2.16. The zero-order valence-electron chi connectivity index (χ0n) is 13.4. The molecule has 0 aliphatic carbocycles. The summed E-state index contributed by atoms with van der Waals surface area (Å²) >= 11 is 0. The molecule has 1 amide bonds.